The number of aromatic nitrogens is 3. The van der Waals surface area contributed by atoms with E-state index in [1.807, 2.05) is 18.3 Å². The lowest BCUT2D eigenvalue weighted by Gasteiger charge is -2.20. The van der Waals surface area contributed by atoms with Crippen LogP contribution in [0.15, 0.2) is 225 Å². The van der Waals surface area contributed by atoms with E-state index in [1.54, 1.807) is 6.20 Å². The largest absolute Gasteiger partial charge is 0.264 e. The summed E-state index contributed by atoms with van der Waals surface area (Å²) < 4.78 is 0. The second-order valence-corrected chi connectivity index (χ2v) is 15.9. The molecule has 0 radical (unpaired) electrons. The van der Waals surface area contributed by atoms with Crippen LogP contribution in [0.25, 0.3) is 122 Å². The molecule has 2 heterocycles. The lowest BCUT2D eigenvalue weighted by molar-refractivity contribution is 1.18. The third-order valence-electron chi connectivity index (χ3n) is 12.3. The molecule has 12 rings (SSSR count). The van der Waals surface area contributed by atoms with E-state index >= 15 is 0 Å². The first kappa shape index (κ1) is 35.7. The standard InChI is InChI=1S/C59H37N3/c1-4-15-39(16-5-1)52-36-53(62-59(61-52)44-22-12-21-43(35-44)45-23-14-34-60-37-45)40-30-28-38(29-31-40)46-32-33-51-56-47(46)26-13-27-50(56)57-54(41-17-6-2-7-18-41)48-24-10-11-25-49(48)55(58(51)57)42-19-8-3-9-20-42/h1-37H. The summed E-state index contributed by atoms with van der Waals surface area (Å²) in [5.74, 6) is 0.681. The Labute approximate surface area is 360 Å². The summed E-state index contributed by atoms with van der Waals surface area (Å²) in [6, 6.07) is 76.1. The van der Waals surface area contributed by atoms with Gasteiger partial charge in [0.25, 0.3) is 0 Å². The molecule has 0 atom stereocenters. The first-order valence-corrected chi connectivity index (χ1v) is 21.1. The maximum atomic E-state index is 5.20. The van der Waals surface area contributed by atoms with Crippen molar-refractivity contribution in [1.29, 1.82) is 0 Å². The number of pyridine rings is 1. The summed E-state index contributed by atoms with van der Waals surface area (Å²) in [7, 11) is 0. The van der Waals surface area contributed by atoms with Gasteiger partial charge < -0.3 is 0 Å². The minimum atomic E-state index is 0.681. The van der Waals surface area contributed by atoms with Crippen LogP contribution >= 0.6 is 0 Å². The van der Waals surface area contributed by atoms with Gasteiger partial charge in [0.2, 0.25) is 0 Å². The van der Waals surface area contributed by atoms with Crippen molar-refractivity contribution in [2.75, 3.05) is 0 Å². The Balaban J connectivity index is 1.00. The molecule has 9 aromatic carbocycles. The zero-order valence-corrected chi connectivity index (χ0v) is 33.7. The molecule has 0 bridgehead atoms. The third-order valence-corrected chi connectivity index (χ3v) is 12.3. The molecule has 1 aliphatic rings. The van der Waals surface area contributed by atoms with E-state index in [-0.39, 0.29) is 0 Å². The summed E-state index contributed by atoms with van der Waals surface area (Å²) in [4.78, 5) is 14.7. The molecule has 0 aliphatic heterocycles. The molecule has 288 valence electrons. The van der Waals surface area contributed by atoms with E-state index in [2.05, 4.69) is 205 Å². The maximum absolute atomic E-state index is 5.20. The molecule has 0 spiro atoms. The van der Waals surface area contributed by atoms with E-state index in [0.717, 1.165) is 44.8 Å². The Hall–Kier alpha value is -8.27. The highest BCUT2D eigenvalue weighted by Crippen LogP contribution is 2.58. The topological polar surface area (TPSA) is 38.7 Å². The minimum absolute atomic E-state index is 0.681. The Morgan fingerprint density at radius 3 is 1.39 bits per heavy atom. The van der Waals surface area contributed by atoms with E-state index < -0.39 is 0 Å². The van der Waals surface area contributed by atoms with Crippen molar-refractivity contribution in [2.45, 2.75) is 0 Å². The molecule has 0 fully saturated rings. The SMILES string of the molecule is c1ccc(-c2cc(-c3ccc(-c4ccc5c6c(cccc46)-c4c-5c(-c5ccccc5)c5ccccc5c4-c4ccccc4)cc3)nc(-c3cccc(-c4cccnc4)c3)n2)cc1. The minimum Gasteiger partial charge on any atom is -0.264 e. The van der Waals surface area contributed by atoms with Crippen molar-refractivity contribution in [3.63, 3.8) is 0 Å². The summed E-state index contributed by atoms with van der Waals surface area (Å²) >= 11 is 0. The van der Waals surface area contributed by atoms with Crippen molar-refractivity contribution < 1.29 is 0 Å². The van der Waals surface area contributed by atoms with Crippen LogP contribution in [0.2, 0.25) is 0 Å². The predicted molar refractivity (Wildman–Crippen MR) is 257 cm³/mol. The van der Waals surface area contributed by atoms with E-state index in [0.29, 0.717) is 5.82 Å². The number of hydrogen-bond donors (Lipinski definition) is 0. The van der Waals surface area contributed by atoms with Gasteiger partial charge in [-0.15, -0.1) is 0 Å². The molecule has 0 saturated carbocycles. The van der Waals surface area contributed by atoms with Gasteiger partial charge in [-0.1, -0.05) is 194 Å². The predicted octanol–water partition coefficient (Wildman–Crippen LogP) is 15.5. The number of hydrogen-bond acceptors (Lipinski definition) is 3. The first-order chi connectivity index (χ1) is 30.8. The van der Waals surface area contributed by atoms with Gasteiger partial charge in [0.05, 0.1) is 11.4 Å². The third kappa shape index (κ3) is 5.94. The van der Waals surface area contributed by atoms with Crippen LogP contribution in [0, 0.1) is 0 Å². The van der Waals surface area contributed by atoms with Gasteiger partial charge in [0.15, 0.2) is 5.82 Å². The molecule has 1 aliphatic carbocycles. The molecular weight excluding hydrogens is 751 g/mol. The summed E-state index contributed by atoms with van der Waals surface area (Å²) in [6.45, 7) is 0. The van der Waals surface area contributed by atoms with Crippen molar-refractivity contribution in [2.24, 2.45) is 0 Å². The molecule has 2 aromatic heterocycles. The van der Waals surface area contributed by atoms with Crippen LogP contribution in [0.5, 0.6) is 0 Å². The van der Waals surface area contributed by atoms with Gasteiger partial charge in [-0.3, -0.25) is 4.98 Å². The molecular formula is C59H37N3. The van der Waals surface area contributed by atoms with Crippen molar-refractivity contribution in [1.82, 2.24) is 15.0 Å². The Morgan fingerprint density at radius 2 is 0.758 bits per heavy atom. The fourth-order valence-electron chi connectivity index (χ4n) is 9.53. The summed E-state index contributed by atoms with van der Waals surface area (Å²) in [5, 5.41) is 5.08. The van der Waals surface area contributed by atoms with Crippen LogP contribution in [0.3, 0.4) is 0 Å². The second-order valence-electron chi connectivity index (χ2n) is 15.9. The van der Waals surface area contributed by atoms with Gasteiger partial charge in [0, 0.05) is 34.6 Å². The van der Waals surface area contributed by atoms with Crippen LogP contribution in [0.4, 0.5) is 0 Å². The van der Waals surface area contributed by atoms with Gasteiger partial charge in [-0.05, 0) is 101 Å². The Bertz CT molecular complexity index is 3380. The fourth-order valence-corrected chi connectivity index (χ4v) is 9.53. The Kier molecular flexibility index (Phi) is 8.50. The Morgan fingerprint density at radius 1 is 0.274 bits per heavy atom. The van der Waals surface area contributed by atoms with Gasteiger partial charge in [0.1, 0.15) is 0 Å². The zero-order valence-electron chi connectivity index (χ0n) is 33.7. The zero-order chi connectivity index (χ0) is 41.0. The summed E-state index contributed by atoms with van der Waals surface area (Å²) in [6.07, 6.45) is 3.69. The number of fused-ring (bicyclic) bond motifs is 4. The average Bonchev–Trinajstić information content (AvgIpc) is 3.69. The second kappa shape index (κ2) is 14.8. The number of nitrogens with zero attached hydrogens (tertiary/aromatic N) is 3. The van der Waals surface area contributed by atoms with Crippen molar-refractivity contribution in [3.8, 4) is 101 Å². The van der Waals surface area contributed by atoms with E-state index in [1.165, 1.54) is 71.6 Å². The molecule has 3 heteroatoms. The lowest BCUT2D eigenvalue weighted by atomic mass is 9.82. The molecule has 0 saturated heterocycles. The monoisotopic (exact) mass is 787 g/mol. The summed E-state index contributed by atoms with van der Waals surface area (Å²) in [5.41, 5.74) is 19.5. The average molecular weight is 788 g/mol. The number of benzene rings is 9. The van der Waals surface area contributed by atoms with Gasteiger partial charge in [-0.2, -0.15) is 0 Å². The van der Waals surface area contributed by atoms with Gasteiger partial charge in [-0.25, -0.2) is 9.97 Å². The lowest BCUT2D eigenvalue weighted by Crippen LogP contribution is -1.96. The van der Waals surface area contributed by atoms with Gasteiger partial charge >= 0.3 is 0 Å². The fraction of sp³-hybridized carbons (Fsp3) is 0. The highest BCUT2D eigenvalue weighted by molar-refractivity contribution is 6.28. The van der Waals surface area contributed by atoms with Crippen LogP contribution in [0.1, 0.15) is 0 Å². The van der Waals surface area contributed by atoms with E-state index in [4.69, 9.17) is 9.97 Å². The molecule has 3 nitrogen and oxygen atoms in total. The van der Waals surface area contributed by atoms with Crippen LogP contribution in [-0.4, -0.2) is 15.0 Å². The highest BCUT2D eigenvalue weighted by atomic mass is 14.9. The molecule has 0 unspecified atom stereocenters. The molecule has 62 heavy (non-hydrogen) atoms. The van der Waals surface area contributed by atoms with Crippen molar-refractivity contribution >= 4 is 21.5 Å². The molecule has 0 amide bonds. The van der Waals surface area contributed by atoms with Crippen molar-refractivity contribution in [3.05, 3.63) is 225 Å². The smallest absolute Gasteiger partial charge is 0.160 e. The van der Waals surface area contributed by atoms with E-state index in [9.17, 15) is 0 Å². The normalized spacial score (nSPS) is 11.5. The molecule has 11 aromatic rings. The number of rotatable bonds is 7. The quantitative estimate of drug-likeness (QED) is 0.161. The maximum Gasteiger partial charge on any atom is 0.160 e. The first-order valence-electron chi connectivity index (χ1n) is 21.1. The highest BCUT2D eigenvalue weighted by Gasteiger charge is 2.31. The van der Waals surface area contributed by atoms with Crippen LogP contribution < -0.4 is 0 Å². The van der Waals surface area contributed by atoms with Crippen LogP contribution in [-0.2, 0) is 0 Å². The molecule has 0 N–H and O–H groups in total.